The van der Waals surface area contributed by atoms with Crippen LogP contribution in [0.25, 0.3) is 67.1 Å². The van der Waals surface area contributed by atoms with Crippen LogP contribution in [0.15, 0.2) is 130 Å². The summed E-state index contributed by atoms with van der Waals surface area (Å²) in [7, 11) is 0. The fraction of sp³-hybridized carbons (Fsp3) is 0. The predicted molar refractivity (Wildman–Crippen MR) is 143 cm³/mol. The monoisotopic (exact) mass is 464 g/mol. The second-order valence-corrected chi connectivity index (χ2v) is 8.72. The van der Waals surface area contributed by atoms with Gasteiger partial charge < -0.3 is 8.83 Å². The van der Waals surface area contributed by atoms with Crippen LogP contribution in [0.1, 0.15) is 0 Å². The normalized spacial score (nSPS) is 11.3. The summed E-state index contributed by atoms with van der Waals surface area (Å²) in [5, 5.41) is 10.8. The maximum atomic E-state index is 6.27. The summed E-state index contributed by atoms with van der Waals surface area (Å²) < 4.78 is 12.3. The summed E-state index contributed by atoms with van der Waals surface area (Å²) in [5.41, 5.74) is 7.95. The molecule has 7 aromatic rings. The molecule has 0 saturated carbocycles. The molecule has 0 unspecified atom stereocenters. The van der Waals surface area contributed by atoms with Crippen molar-refractivity contribution in [2.45, 2.75) is 0 Å². The summed E-state index contributed by atoms with van der Waals surface area (Å²) in [4.78, 5) is 0. The van der Waals surface area contributed by atoms with Crippen LogP contribution in [0.4, 0.5) is 0 Å². The van der Waals surface area contributed by atoms with E-state index in [1.54, 1.807) is 0 Å². The molecule has 0 fully saturated rings. The Bertz CT molecular complexity index is 1850. The number of hydrogen-bond acceptors (Lipinski definition) is 4. The molecular formula is C32H20N2O2. The lowest BCUT2D eigenvalue weighted by molar-refractivity contribution is 0.584. The zero-order valence-corrected chi connectivity index (χ0v) is 19.3. The zero-order chi connectivity index (χ0) is 23.9. The molecule has 0 aliphatic heterocycles. The van der Waals surface area contributed by atoms with Gasteiger partial charge in [0.2, 0.25) is 11.8 Å². The third-order valence-corrected chi connectivity index (χ3v) is 6.47. The van der Waals surface area contributed by atoms with Crippen molar-refractivity contribution < 1.29 is 8.83 Å². The van der Waals surface area contributed by atoms with E-state index in [0.717, 1.165) is 55.3 Å². The Morgan fingerprint density at radius 3 is 1.83 bits per heavy atom. The van der Waals surface area contributed by atoms with Gasteiger partial charge in [-0.2, -0.15) is 0 Å². The SMILES string of the molecule is c1ccc(-c2nnc(-c3cccc(-c4cccc(-c5cccc6c5oc5ccccc56)c4)c3)o2)cc1. The summed E-state index contributed by atoms with van der Waals surface area (Å²) in [6.45, 7) is 0. The lowest BCUT2D eigenvalue weighted by Crippen LogP contribution is -1.84. The summed E-state index contributed by atoms with van der Waals surface area (Å²) >= 11 is 0. The predicted octanol–water partition coefficient (Wildman–Crippen LogP) is 8.64. The van der Waals surface area contributed by atoms with Crippen LogP contribution < -0.4 is 0 Å². The van der Waals surface area contributed by atoms with Gasteiger partial charge in [-0.3, -0.25) is 0 Å². The molecular weight excluding hydrogens is 444 g/mol. The van der Waals surface area contributed by atoms with Crippen molar-refractivity contribution in [2.75, 3.05) is 0 Å². The van der Waals surface area contributed by atoms with Gasteiger partial charge in [0.15, 0.2) is 0 Å². The van der Waals surface area contributed by atoms with Crippen molar-refractivity contribution in [2.24, 2.45) is 0 Å². The minimum absolute atomic E-state index is 0.499. The second-order valence-electron chi connectivity index (χ2n) is 8.72. The third-order valence-electron chi connectivity index (χ3n) is 6.47. The van der Waals surface area contributed by atoms with Crippen molar-refractivity contribution in [1.82, 2.24) is 10.2 Å². The molecule has 0 atom stereocenters. The number of para-hydroxylation sites is 2. The van der Waals surface area contributed by atoms with Crippen LogP contribution in [-0.4, -0.2) is 10.2 Å². The van der Waals surface area contributed by atoms with Crippen LogP contribution in [0.2, 0.25) is 0 Å². The molecule has 36 heavy (non-hydrogen) atoms. The van der Waals surface area contributed by atoms with E-state index in [2.05, 4.69) is 70.9 Å². The fourth-order valence-corrected chi connectivity index (χ4v) is 4.71. The minimum atomic E-state index is 0.499. The van der Waals surface area contributed by atoms with Gasteiger partial charge in [-0.05, 0) is 53.1 Å². The lowest BCUT2D eigenvalue weighted by atomic mass is 9.97. The highest BCUT2D eigenvalue weighted by Crippen LogP contribution is 2.37. The quantitative estimate of drug-likeness (QED) is 0.262. The highest BCUT2D eigenvalue weighted by molar-refractivity contribution is 6.09. The Labute approximate surface area is 207 Å². The first kappa shape index (κ1) is 20.4. The molecule has 4 nitrogen and oxygen atoms in total. The molecule has 0 bridgehead atoms. The molecule has 0 N–H and O–H groups in total. The highest BCUT2D eigenvalue weighted by Gasteiger charge is 2.14. The van der Waals surface area contributed by atoms with E-state index in [1.807, 2.05) is 60.7 Å². The Morgan fingerprint density at radius 1 is 0.417 bits per heavy atom. The Hall–Kier alpha value is -4.96. The third kappa shape index (κ3) is 3.48. The minimum Gasteiger partial charge on any atom is -0.455 e. The van der Waals surface area contributed by atoms with E-state index < -0.39 is 0 Å². The summed E-state index contributed by atoms with van der Waals surface area (Å²) in [6.07, 6.45) is 0. The Kier molecular flexibility index (Phi) is 4.74. The van der Waals surface area contributed by atoms with Gasteiger partial charge in [-0.25, -0.2) is 0 Å². The molecule has 0 aliphatic carbocycles. The molecule has 0 radical (unpaired) electrons. The smallest absolute Gasteiger partial charge is 0.248 e. The molecule has 0 spiro atoms. The second kappa shape index (κ2) is 8.36. The first-order valence-electron chi connectivity index (χ1n) is 11.8. The molecule has 0 aliphatic rings. The number of rotatable bonds is 4. The highest BCUT2D eigenvalue weighted by atomic mass is 16.4. The standard InChI is InChI=1S/C32H20N2O2/c1-2-9-21(10-3-1)31-33-34-32(36-31)25-14-7-12-23(20-25)22-11-6-13-24(19-22)26-16-8-17-28-27-15-4-5-18-29(27)35-30(26)28/h1-20H. The van der Waals surface area contributed by atoms with Crippen LogP contribution in [0.5, 0.6) is 0 Å². The number of hydrogen-bond donors (Lipinski definition) is 0. The number of aromatic nitrogens is 2. The maximum Gasteiger partial charge on any atom is 0.248 e. The molecule has 4 heteroatoms. The number of benzene rings is 5. The van der Waals surface area contributed by atoms with E-state index in [0.29, 0.717) is 11.8 Å². The van der Waals surface area contributed by atoms with Crippen LogP contribution in [0, 0.1) is 0 Å². The molecule has 0 amide bonds. The van der Waals surface area contributed by atoms with Crippen molar-refractivity contribution in [1.29, 1.82) is 0 Å². The summed E-state index contributed by atoms with van der Waals surface area (Å²) in [6, 6.07) is 41.0. The van der Waals surface area contributed by atoms with Gasteiger partial charge in [0.25, 0.3) is 0 Å². The average Bonchev–Trinajstić information content (AvgIpc) is 3.59. The number of nitrogens with zero attached hydrogens (tertiary/aromatic N) is 2. The van der Waals surface area contributed by atoms with Crippen LogP contribution >= 0.6 is 0 Å². The van der Waals surface area contributed by atoms with Crippen molar-refractivity contribution in [3.8, 4) is 45.2 Å². The van der Waals surface area contributed by atoms with Gasteiger partial charge in [0.1, 0.15) is 11.2 Å². The summed E-state index contributed by atoms with van der Waals surface area (Å²) in [5.74, 6) is 1.01. The van der Waals surface area contributed by atoms with Gasteiger partial charge in [-0.1, -0.05) is 84.9 Å². The van der Waals surface area contributed by atoms with Gasteiger partial charge in [0.05, 0.1) is 0 Å². The molecule has 5 aromatic carbocycles. The van der Waals surface area contributed by atoms with Crippen LogP contribution in [0.3, 0.4) is 0 Å². The molecule has 0 saturated heterocycles. The topological polar surface area (TPSA) is 52.1 Å². The van der Waals surface area contributed by atoms with Crippen LogP contribution in [-0.2, 0) is 0 Å². The molecule has 2 heterocycles. The first-order chi connectivity index (χ1) is 17.8. The van der Waals surface area contributed by atoms with Gasteiger partial charge in [0, 0.05) is 27.5 Å². The molecule has 7 rings (SSSR count). The van der Waals surface area contributed by atoms with Gasteiger partial charge >= 0.3 is 0 Å². The molecule has 2 aromatic heterocycles. The number of fused-ring (bicyclic) bond motifs is 3. The van der Waals surface area contributed by atoms with Crippen molar-refractivity contribution >= 4 is 21.9 Å². The first-order valence-corrected chi connectivity index (χ1v) is 11.8. The van der Waals surface area contributed by atoms with Crippen molar-refractivity contribution in [3.63, 3.8) is 0 Å². The molecule has 170 valence electrons. The fourth-order valence-electron chi connectivity index (χ4n) is 4.71. The zero-order valence-electron chi connectivity index (χ0n) is 19.3. The largest absolute Gasteiger partial charge is 0.455 e. The van der Waals surface area contributed by atoms with Crippen molar-refractivity contribution in [3.05, 3.63) is 121 Å². The van der Waals surface area contributed by atoms with E-state index in [1.165, 1.54) is 0 Å². The lowest BCUT2D eigenvalue weighted by Gasteiger charge is -2.08. The van der Waals surface area contributed by atoms with E-state index in [-0.39, 0.29) is 0 Å². The van der Waals surface area contributed by atoms with E-state index in [9.17, 15) is 0 Å². The average molecular weight is 465 g/mol. The van der Waals surface area contributed by atoms with Gasteiger partial charge in [-0.15, -0.1) is 10.2 Å². The van der Waals surface area contributed by atoms with E-state index in [4.69, 9.17) is 8.83 Å². The van der Waals surface area contributed by atoms with E-state index >= 15 is 0 Å². The Balaban J connectivity index is 1.28. The Morgan fingerprint density at radius 2 is 1.00 bits per heavy atom. The number of furan rings is 1. The maximum absolute atomic E-state index is 6.27.